The van der Waals surface area contributed by atoms with E-state index < -0.39 is 11.9 Å². The summed E-state index contributed by atoms with van der Waals surface area (Å²) >= 11 is 0. The third kappa shape index (κ3) is 5.82. The summed E-state index contributed by atoms with van der Waals surface area (Å²) in [6.45, 7) is 0.812. The van der Waals surface area contributed by atoms with Gasteiger partial charge in [0.2, 0.25) is 0 Å². The fraction of sp³-hybridized carbons (Fsp3) is 0.714. The highest BCUT2D eigenvalue weighted by molar-refractivity contribution is 5.92. The lowest BCUT2D eigenvalue weighted by Gasteiger charge is -1.80. The summed E-state index contributed by atoms with van der Waals surface area (Å²) < 4.78 is 4.08. The number of esters is 2. The molecule has 70 valence electrons. The Morgan fingerprint density at radius 1 is 1.33 bits per heavy atom. The van der Waals surface area contributed by atoms with Gasteiger partial charge in [0, 0.05) is 6.61 Å². The van der Waals surface area contributed by atoms with Crippen LogP contribution < -0.4 is 5.73 Å². The molecule has 0 aromatic rings. The molecule has 0 aromatic carbocycles. The minimum absolute atomic E-state index is 0.219. The Balaban J connectivity index is 0.000000217. The van der Waals surface area contributed by atoms with Crippen LogP contribution in [0.5, 0.6) is 0 Å². The second-order valence-electron chi connectivity index (χ2n) is 2.21. The minimum atomic E-state index is -0.398. The number of aliphatic hydroxyl groups is 1. The third-order valence-corrected chi connectivity index (χ3v) is 1.12. The molecule has 12 heavy (non-hydrogen) atoms. The molecule has 1 fully saturated rings. The molecule has 0 saturated carbocycles. The first-order chi connectivity index (χ1) is 5.70. The third-order valence-electron chi connectivity index (χ3n) is 1.12. The van der Waals surface area contributed by atoms with E-state index in [0.717, 1.165) is 6.42 Å². The van der Waals surface area contributed by atoms with Crippen LogP contribution in [0.2, 0.25) is 0 Å². The smallest absolute Gasteiger partial charge is 0.314 e. The molecular formula is C7H13NO4. The van der Waals surface area contributed by atoms with Crippen LogP contribution in [0.15, 0.2) is 0 Å². The lowest BCUT2D eigenvalue weighted by atomic mass is 10.4. The summed E-state index contributed by atoms with van der Waals surface area (Å²) in [7, 11) is 0. The molecule has 0 aliphatic carbocycles. The van der Waals surface area contributed by atoms with Crippen LogP contribution in [-0.2, 0) is 14.3 Å². The second kappa shape index (κ2) is 6.75. The highest BCUT2D eigenvalue weighted by Crippen LogP contribution is 2.03. The monoisotopic (exact) mass is 175 g/mol. The molecular weight excluding hydrogens is 162 g/mol. The fourth-order valence-corrected chi connectivity index (χ4v) is 0.524. The van der Waals surface area contributed by atoms with Crippen molar-refractivity contribution in [2.75, 3.05) is 13.2 Å². The van der Waals surface area contributed by atoms with E-state index in [2.05, 4.69) is 4.74 Å². The number of carbonyl (C=O) groups excluding carboxylic acids is 2. The van der Waals surface area contributed by atoms with E-state index in [0.29, 0.717) is 6.54 Å². The highest BCUT2D eigenvalue weighted by atomic mass is 16.6. The largest absolute Gasteiger partial charge is 0.396 e. The average Bonchev–Trinajstić information content (AvgIpc) is 2.38. The van der Waals surface area contributed by atoms with E-state index in [1.54, 1.807) is 0 Å². The second-order valence-corrected chi connectivity index (χ2v) is 2.21. The van der Waals surface area contributed by atoms with E-state index in [-0.39, 0.29) is 19.4 Å². The summed E-state index contributed by atoms with van der Waals surface area (Å²) in [5.74, 6) is -0.796. The number of carbonyl (C=O) groups is 2. The molecule has 1 aliphatic rings. The molecule has 0 radical (unpaired) electrons. The topological polar surface area (TPSA) is 89.6 Å². The number of ether oxygens (including phenoxy) is 1. The molecule has 1 rings (SSSR count). The molecule has 0 atom stereocenters. The lowest BCUT2D eigenvalue weighted by Crippen LogP contribution is -1.99. The first-order valence-electron chi connectivity index (χ1n) is 3.75. The zero-order chi connectivity index (χ0) is 9.40. The Morgan fingerprint density at radius 2 is 1.83 bits per heavy atom. The predicted molar refractivity (Wildman–Crippen MR) is 41.1 cm³/mol. The number of nitrogens with two attached hydrogens (primary N) is 1. The van der Waals surface area contributed by atoms with E-state index in [1.807, 2.05) is 0 Å². The molecule has 1 saturated heterocycles. The van der Waals surface area contributed by atoms with Gasteiger partial charge in [0.1, 0.15) is 0 Å². The molecule has 0 amide bonds. The molecule has 1 aliphatic heterocycles. The van der Waals surface area contributed by atoms with Gasteiger partial charge < -0.3 is 15.6 Å². The zero-order valence-corrected chi connectivity index (χ0v) is 6.78. The van der Waals surface area contributed by atoms with Gasteiger partial charge >= 0.3 is 11.9 Å². The van der Waals surface area contributed by atoms with Gasteiger partial charge in [-0.3, -0.25) is 9.59 Å². The van der Waals surface area contributed by atoms with Crippen LogP contribution in [-0.4, -0.2) is 30.2 Å². The Bertz CT molecular complexity index is 141. The normalized spacial score (nSPS) is 15.2. The van der Waals surface area contributed by atoms with Gasteiger partial charge in [0.05, 0.1) is 12.8 Å². The van der Waals surface area contributed by atoms with Crippen molar-refractivity contribution in [1.29, 1.82) is 0 Å². The average molecular weight is 175 g/mol. The van der Waals surface area contributed by atoms with Crippen LogP contribution in [0.4, 0.5) is 0 Å². The molecule has 5 nitrogen and oxygen atoms in total. The number of rotatable bonds is 2. The number of cyclic esters (lactones) is 2. The maximum Gasteiger partial charge on any atom is 0.314 e. The predicted octanol–water partition coefficient (Wildman–Crippen LogP) is -0.822. The Morgan fingerprint density at radius 3 is 1.92 bits per heavy atom. The van der Waals surface area contributed by atoms with Gasteiger partial charge in [0.25, 0.3) is 0 Å². The van der Waals surface area contributed by atoms with Gasteiger partial charge in [-0.25, -0.2) is 0 Å². The van der Waals surface area contributed by atoms with E-state index in [4.69, 9.17) is 10.8 Å². The number of hydrogen-bond acceptors (Lipinski definition) is 5. The van der Waals surface area contributed by atoms with Crippen molar-refractivity contribution >= 4 is 11.9 Å². The van der Waals surface area contributed by atoms with Gasteiger partial charge in [-0.1, -0.05) is 0 Å². The maximum absolute atomic E-state index is 10.0. The summed E-state index contributed by atoms with van der Waals surface area (Å²) in [6, 6.07) is 0. The van der Waals surface area contributed by atoms with Gasteiger partial charge in [-0.2, -0.15) is 0 Å². The Hall–Kier alpha value is -0.940. The summed E-state index contributed by atoms with van der Waals surface area (Å²) in [6.07, 6.45) is 1.25. The molecule has 0 spiro atoms. The molecule has 5 heteroatoms. The Kier molecular flexibility index (Phi) is 6.22. The highest BCUT2D eigenvalue weighted by Gasteiger charge is 2.19. The minimum Gasteiger partial charge on any atom is -0.396 e. The molecule has 0 bridgehead atoms. The quantitative estimate of drug-likeness (QED) is 0.422. The van der Waals surface area contributed by atoms with Gasteiger partial charge in [-0.15, -0.1) is 0 Å². The number of hydrogen-bond donors (Lipinski definition) is 2. The van der Waals surface area contributed by atoms with Crippen molar-refractivity contribution in [3.63, 3.8) is 0 Å². The van der Waals surface area contributed by atoms with Crippen molar-refractivity contribution in [3.05, 3.63) is 0 Å². The fourth-order valence-electron chi connectivity index (χ4n) is 0.524. The zero-order valence-electron chi connectivity index (χ0n) is 6.78. The van der Waals surface area contributed by atoms with Crippen LogP contribution in [0.3, 0.4) is 0 Å². The lowest BCUT2D eigenvalue weighted by molar-refractivity contribution is -0.151. The van der Waals surface area contributed by atoms with Crippen molar-refractivity contribution in [2.45, 2.75) is 19.3 Å². The SMILES string of the molecule is NCCCO.O=C1CCC(=O)O1. The van der Waals surface area contributed by atoms with Crippen LogP contribution in [0.25, 0.3) is 0 Å². The van der Waals surface area contributed by atoms with Gasteiger partial charge in [-0.05, 0) is 13.0 Å². The van der Waals surface area contributed by atoms with Crippen LogP contribution in [0.1, 0.15) is 19.3 Å². The van der Waals surface area contributed by atoms with Crippen LogP contribution >= 0.6 is 0 Å². The van der Waals surface area contributed by atoms with Gasteiger partial charge in [0.15, 0.2) is 0 Å². The summed E-state index contributed by atoms with van der Waals surface area (Å²) in [5, 5.41) is 7.99. The van der Waals surface area contributed by atoms with Crippen molar-refractivity contribution in [3.8, 4) is 0 Å². The van der Waals surface area contributed by atoms with Crippen LogP contribution in [0, 0.1) is 0 Å². The Labute approximate surface area is 70.5 Å². The van der Waals surface area contributed by atoms with Crippen molar-refractivity contribution < 1.29 is 19.4 Å². The number of aliphatic hydroxyl groups excluding tert-OH is 1. The van der Waals surface area contributed by atoms with Crippen molar-refractivity contribution in [1.82, 2.24) is 0 Å². The van der Waals surface area contributed by atoms with Crippen molar-refractivity contribution in [2.24, 2.45) is 5.73 Å². The molecule has 0 aromatic heterocycles. The summed E-state index contributed by atoms with van der Waals surface area (Å²) in [5.41, 5.74) is 4.98. The van der Waals surface area contributed by atoms with E-state index in [1.165, 1.54) is 0 Å². The first-order valence-corrected chi connectivity index (χ1v) is 3.75. The molecule has 1 heterocycles. The maximum atomic E-state index is 10.0. The molecule has 0 unspecified atom stereocenters. The summed E-state index contributed by atoms with van der Waals surface area (Å²) in [4.78, 5) is 20.0. The standard InChI is InChI=1S/C4H4O3.C3H9NO/c5-3-1-2-4(6)7-3;4-2-1-3-5/h1-2H2;5H,1-4H2. The van der Waals surface area contributed by atoms with E-state index >= 15 is 0 Å². The van der Waals surface area contributed by atoms with E-state index in [9.17, 15) is 9.59 Å². The molecule has 3 N–H and O–H groups in total. The first kappa shape index (κ1) is 11.1.